The minimum atomic E-state index is -3.80. The summed E-state index contributed by atoms with van der Waals surface area (Å²) in [4.78, 5) is 0.0507. The van der Waals surface area contributed by atoms with Gasteiger partial charge in [0.2, 0.25) is 0 Å². The lowest BCUT2D eigenvalue weighted by atomic mass is 10.1. The van der Waals surface area contributed by atoms with Crippen LogP contribution in [0.3, 0.4) is 0 Å². The third kappa shape index (κ3) is 3.58. The van der Waals surface area contributed by atoms with E-state index in [1.165, 1.54) is 6.07 Å². The van der Waals surface area contributed by atoms with Crippen LogP contribution >= 0.6 is 27.5 Å². The van der Waals surface area contributed by atoms with Crippen molar-refractivity contribution >= 4 is 43.2 Å². The van der Waals surface area contributed by atoms with Gasteiger partial charge in [0, 0.05) is 9.50 Å². The molecule has 112 valence electrons. The Morgan fingerprint density at radius 1 is 1.29 bits per heavy atom. The van der Waals surface area contributed by atoms with Gasteiger partial charge < -0.3 is 5.11 Å². The van der Waals surface area contributed by atoms with Crippen LogP contribution in [0.5, 0.6) is 0 Å². The van der Waals surface area contributed by atoms with E-state index in [1.54, 1.807) is 37.3 Å². The van der Waals surface area contributed by atoms with Gasteiger partial charge in [-0.15, -0.1) is 0 Å². The van der Waals surface area contributed by atoms with Crippen LogP contribution in [0.25, 0.3) is 0 Å². The summed E-state index contributed by atoms with van der Waals surface area (Å²) in [6, 6.07) is 9.82. The van der Waals surface area contributed by atoms with E-state index in [4.69, 9.17) is 11.6 Å². The maximum atomic E-state index is 12.5. The minimum absolute atomic E-state index is 0.0507. The van der Waals surface area contributed by atoms with E-state index < -0.39 is 10.0 Å². The van der Waals surface area contributed by atoms with Crippen molar-refractivity contribution in [1.29, 1.82) is 0 Å². The molecule has 0 saturated heterocycles. The second-order valence-corrected chi connectivity index (χ2v) is 7.37. The van der Waals surface area contributed by atoms with E-state index in [-0.39, 0.29) is 16.5 Å². The van der Waals surface area contributed by atoms with Gasteiger partial charge in [0.05, 0.1) is 17.2 Å². The highest BCUT2D eigenvalue weighted by molar-refractivity contribution is 9.10. The molecule has 2 N–H and O–H groups in total. The smallest absolute Gasteiger partial charge is 0.262 e. The van der Waals surface area contributed by atoms with E-state index >= 15 is 0 Å². The van der Waals surface area contributed by atoms with Gasteiger partial charge in [0.1, 0.15) is 0 Å². The molecule has 21 heavy (non-hydrogen) atoms. The highest BCUT2D eigenvalue weighted by Crippen LogP contribution is 2.28. The van der Waals surface area contributed by atoms with E-state index in [0.29, 0.717) is 21.3 Å². The largest absolute Gasteiger partial charge is 0.392 e. The van der Waals surface area contributed by atoms with Gasteiger partial charge >= 0.3 is 0 Å². The summed E-state index contributed by atoms with van der Waals surface area (Å²) in [5, 5.41) is 9.55. The van der Waals surface area contributed by atoms with E-state index in [0.717, 1.165) is 0 Å². The van der Waals surface area contributed by atoms with Gasteiger partial charge in [-0.05, 0) is 58.2 Å². The molecule has 0 aliphatic carbocycles. The van der Waals surface area contributed by atoms with Crippen LogP contribution in [-0.2, 0) is 16.6 Å². The fourth-order valence-corrected chi connectivity index (χ4v) is 4.11. The molecule has 0 unspecified atom stereocenters. The molecule has 0 spiro atoms. The molecule has 0 heterocycles. The summed E-state index contributed by atoms with van der Waals surface area (Å²) in [6.45, 7) is 1.36. The fraction of sp³-hybridized carbons (Fsp3) is 0.143. The van der Waals surface area contributed by atoms with Gasteiger partial charge in [0.25, 0.3) is 10.0 Å². The molecule has 2 rings (SSSR count). The lowest BCUT2D eigenvalue weighted by Crippen LogP contribution is -2.15. The minimum Gasteiger partial charge on any atom is -0.392 e. The Morgan fingerprint density at radius 3 is 2.57 bits per heavy atom. The Bertz CT molecular complexity index is 778. The quantitative estimate of drug-likeness (QED) is 0.836. The van der Waals surface area contributed by atoms with Crippen molar-refractivity contribution in [1.82, 2.24) is 0 Å². The Labute approximate surface area is 136 Å². The zero-order valence-electron chi connectivity index (χ0n) is 11.1. The number of rotatable bonds is 4. The summed E-state index contributed by atoms with van der Waals surface area (Å²) in [5.41, 5.74) is 1.39. The molecule has 0 atom stereocenters. The van der Waals surface area contributed by atoms with E-state index in [2.05, 4.69) is 20.7 Å². The monoisotopic (exact) mass is 389 g/mol. The van der Waals surface area contributed by atoms with Crippen molar-refractivity contribution in [3.05, 3.63) is 57.0 Å². The molecule has 0 bridgehead atoms. The number of aliphatic hydroxyl groups excluding tert-OH is 1. The number of hydrogen-bond acceptors (Lipinski definition) is 3. The topological polar surface area (TPSA) is 66.4 Å². The average Bonchev–Trinajstić information content (AvgIpc) is 2.43. The summed E-state index contributed by atoms with van der Waals surface area (Å²) < 4.78 is 28.2. The number of hydrogen-bond donors (Lipinski definition) is 2. The predicted octanol–water partition coefficient (Wildman–Crippen LogP) is 3.70. The molecule has 2 aromatic carbocycles. The van der Waals surface area contributed by atoms with Gasteiger partial charge in [-0.2, -0.15) is 0 Å². The SMILES string of the molecule is Cc1c(CO)cc(Cl)cc1S(=O)(=O)Nc1ccccc1Br. The van der Waals surface area contributed by atoms with Crippen molar-refractivity contribution in [2.75, 3.05) is 4.72 Å². The molecule has 2 aromatic rings. The van der Waals surface area contributed by atoms with Crippen LogP contribution in [0.1, 0.15) is 11.1 Å². The van der Waals surface area contributed by atoms with Gasteiger partial charge in [-0.25, -0.2) is 8.42 Å². The first kappa shape index (κ1) is 16.3. The van der Waals surface area contributed by atoms with Crippen LogP contribution in [0, 0.1) is 6.92 Å². The number of nitrogens with one attached hydrogen (secondary N) is 1. The maximum absolute atomic E-state index is 12.5. The predicted molar refractivity (Wildman–Crippen MR) is 87.1 cm³/mol. The molecular formula is C14H13BrClNO3S. The summed E-state index contributed by atoms with van der Waals surface area (Å²) in [7, 11) is -3.80. The summed E-state index contributed by atoms with van der Waals surface area (Å²) in [6.07, 6.45) is 0. The molecule has 0 aliphatic rings. The molecule has 0 fully saturated rings. The first-order valence-electron chi connectivity index (χ1n) is 6.02. The highest BCUT2D eigenvalue weighted by atomic mass is 79.9. The molecule has 7 heteroatoms. The maximum Gasteiger partial charge on any atom is 0.262 e. The Morgan fingerprint density at radius 2 is 1.95 bits per heavy atom. The normalized spacial score (nSPS) is 11.4. The number of sulfonamides is 1. The van der Waals surface area contributed by atoms with Crippen LogP contribution in [0.15, 0.2) is 45.8 Å². The fourth-order valence-electron chi connectivity index (χ4n) is 1.90. The van der Waals surface area contributed by atoms with Gasteiger partial charge in [-0.3, -0.25) is 4.72 Å². The molecule has 0 radical (unpaired) electrons. The first-order chi connectivity index (χ1) is 9.85. The molecule has 0 saturated carbocycles. The molecule has 4 nitrogen and oxygen atoms in total. The average molecular weight is 391 g/mol. The first-order valence-corrected chi connectivity index (χ1v) is 8.68. The zero-order chi connectivity index (χ0) is 15.6. The van der Waals surface area contributed by atoms with Crippen LogP contribution < -0.4 is 4.72 Å². The third-order valence-corrected chi connectivity index (χ3v) is 5.41. The van der Waals surface area contributed by atoms with Crippen LogP contribution in [0.4, 0.5) is 5.69 Å². The number of benzene rings is 2. The summed E-state index contributed by atoms with van der Waals surface area (Å²) >= 11 is 9.22. The second-order valence-electron chi connectivity index (χ2n) is 4.43. The van der Waals surface area contributed by atoms with Crippen molar-refractivity contribution in [2.45, 2.75) is 18.4 Å². The van der Waals surface area contributed by atoms with Crippen LogP contribution in [0.2, 0.25) is 5.02 Å². The van der Waals surface area contributed by atoms with Crippen molar-refractivity contribution < 1.29 is 13.5 Å². The third-order valence-electron chi connectivity index (χ3n) is 3.01. The van der Waals surface area contributed by atoms with Crippen LogP contribution in [-0.4, -0.2) is 13.5 Å². The van der Waals surface area contributed by atoms with Crippen molar-refractivity contribution in [3.63, 3.8) is 0 Å². The molecule has 0 amide bonds. The van der Waals surface area contributed by atoms with Crippen molar-refractivity contribution in [3.8, 4) is 0 Å². The Hall–Kier alpha value is -1.08. The lowest BCUT2D eigenvalue weighted by Gasteiger charge is -2.14. The number of aliphatic hydroxyl groups is 1. The van der Waals surface area contributed by atoms with Gasteiger partial charge in [0.15, 0.2) is 0 Å². The highest BCUT2D eigenvalue weighted by Gasteiger charge is 2.20. The van der Waals surface area contributed by atoms with Gasteiger partial charge in [-0.1, -0.05) is 23.7 Å². The number of halogens is 2. The zero-order valence-corrected chi connectivity index (χ0v) is 14.3. The molecule has 0 aliphatic heterocycles. The standard InChI is InChI=1S/C14H13BrClNO3S/c1-9-10(8-18)6-11(16)7-14(9)21(19,20)17-13-5-3-2-4-12(13)15/h2-7,17-18H,8H2,1H3. The summed E-state index contributed by atoms with van der Waals surface area (Å²) in [5.74, 6) is 0. The Kier molecular flexibility index (Phi) is 4.93. The van der Waals surface area contributed by atoms with E-state index in [1.807, 2.05) is 0 Å². The molecular weight excluding hydrogens is 378 g/mol. The Balaban J connectivity index is 2.50. The number of anilines is 1. The van der Waals surface area contributed by atoms with E-state index in [9.17, 15) is 13.5 Å². The lowest BCUT2D eigenvalue weighted by molar-refractivity contribution is 0.280. The molecule has 0 aromatic heterocycles. The second kappa shape index (κ2) is 6.36. The number of para-hydroxylation sites is 1. The van der Waals surface area contributed by atoms with Crippen molar-refractivity contribution in [2.24, 2.45) is 0 Å².